The summed E-state index contributed by atoms with van der Waals surface area (Å²) in [4.78, 5) is 0. The fourth-order valence-corrected chi connectivity index (χ4v) is 0.304. The summed E-state index contributed by atoms with van der Waals surface area (Å²) in [7, 11) is 4.78. The van der Waals surface area contributed by atoms with Crippen molar-refractivity contribution in [1.29, 1.82) is 0 Å². The monoisotopic (exact) mass is 100 g/mol. The van der Waals surface area contributed by atoms with Crippen LogP contribution in [0.25, 0.3) is 0 Å². The third kappa shape index (κ3) is 5.96. The quantitative estimate of drug-likeness (QED) is 0.524. The van der Waals surface area contributed by atoms with Crippen molar-refractivity contribution in [2.75, 3.05) is 6.61 Å². The molecular weight excluding hydrogens is 88.1 g/mol. The molecule has 0 N–H and O–H groups in total. The lowest BCUT2D eigenvalue weighted by Crippen LogP contribution is -1.92. The highest BCUT2D eigenvalue weighted by Gasteiger charge is 1.89. The van der Waals surface area contributed by atoms with Crippen molar-refractivity contribution >= 4 is 0 Å². The highest BCUT2D eigenvalue weighted by molar-refractivity contribution is 4.40. The zero-order chi connectivity index (χ0) is 5.70. The van der Waals surface area contributed by atoms with Crippen molar-refractivity contribution in [3.05, 3.63) is 7.11 Å². The molecule has 1 heteroatoms. The van der Waals surface area contributed by atoms with Crippen LogP contribution in [0.5, 0.6) is 0 Å². The molecular formula is C6H12O. The van der Waals surface area contributed by atoms with Crippen molar-refractivity contribution in [2.45, 2.75) is 20.3 Å². The van der Waals surface area contributed by atoms with Gasteiger partial charge in [0.1, 0.15) is 7.11 Å². The predicted octanol–water partition coefficient (Wildman–Crippen LogP) is 1.72. The summed E-state index contributed by atoms with van der Waals surface area (Å²) in [6, 6.07) is 0. The van der Waals surface area contributed by atoms with Gasteiger partial charge in [0.2, 0.25) is 0 Å². The van der Waals surface area contributed by atoms with Crippen LogP contribution >= 0.6 is 0 Å². The van der Waals surface area contributed by atoms with E-state index in [1.165, 1.54) is 0 Å². The molecule has 0 fully saturated rings. The summed E-state index contributed by atoms with van der Waals surface area (Å²) in [5, 5.41) is 0. The highest BCUT2D eigenvalue weighted by atomic mass is 16.5. The molecule has 0 saturated carbocycles. The smallest absolute Gasteiger partial charge is 0.115 e. The molecule has 0 saturated heterocycles. The van der Waals surface area contributed by atoms with Crippen LogP contribution in [0.4, 0.5) is 0 Å². The molecule has 0 atom stereocenters. The maximum absolute atomic E-state index is 4.78. The fourth-order valence-electron chi connectivity index (χ4n) is 0.304. The van der Waals surface area contributed by atoms with Crippen LogP contribution in [0.1, 0.15) is 20.3 Å². The van der Waals surface area contributed by atoms with E-state index in [1.54, 1.807) is 0 Å². The summed E-state index contributed by atoms with van der Waals surface area (Å²) in [6.07, 6.45) is 1.05. The van der Waals surface area contributed by atoms with Gasteiger partial charge in [-0.1, -0.05) is 13.8 Å². The molecule has 2 radical (unpaired) electrons. The van der Waals surface area contributed by atoms with Crippen molar-refractivity contribution in [2.24, 2.45) is 5.92 Å². The van der Waals surface area contributed by atoms with Crippen LogP contribution in [0.3, 0.4) is 0 Å². The first-order valence-corrected chi connectivity index (χ1v) is 2.59. The second-order valence-electron chi connectivity index (χ2n) is 2.05. The Morgan fingerprint density at radius 3 is 2.29 bits per heavy atom. The van der Waals surface area contributed by atoms with E-state index in [1.807, 2.05) is 0 Å². The molecule has 0 heterocycles. The number of hydrogen-bond acceptors (Lipinski definition) is 1. The molecule has 0 rings (SSSR count). The normalized spacial score (nSPS) is 10.3. The Hall–Kier alpha value is -0.0400. The molecule has 0 aromatic rings. The molecule has 0 spiro atoms. The first-order chi connectivity index (χ1) is 3.27. The van der Waals surface area contributed by atoms with Crippen LogP contribution in [-0.2, 0) is 4.74 Å². The van der Waals surface area contributed by atoms with Crippen LogP contribution in [0.2, 0.25) is 0 Å². The summed E-state index contributed by atoms with van der Waals surface area (Å²) >= 11 is 0. The third-order valence-electron chi connectivity index (χ3n) is 0.813. The van der Waals surface area contributed by atoms with Crippen molar-refractivity contribution in [3.8, 4) is 0 Å². The molecule has 0 aromatic heterocycles. The number of rotatable bonds is 3. The number of hydrogen-bond donors (Lipinski definition) is 0. The van der Waals surface area contributed by atoms with Crippen molar-refractivity contribution < 1.29 is 4.74 Å². The average molecular weight is 100 g/mol. The lowest BCUT2D eigenvalue weighted by atomic mass is 10.1. The highest BCUT2D eigenvalue weighted by Crippen LogP contribution is 1.97. The van der Waals surface area contributed by atoms with E-state index in [4.69, 9.17) is 7.11 Å². The molecule has 0 aliphatic carbocycles. The first kappa shape index (κ1) is 6.96. The maximum Gasteiger partial charge on any atom is 0.115 e. The molecule has 42 valence electrons. The van der Waals surface area contributed by atoms with Gasteiger partial charge >= 0.3 is 0 Å². The Morgan fingerprint density at radius 2 is 2.14 bits per heavy atom. The SMILES string of the molecule is [CH]OCCC(C)C. The summed E-state index contributed by atoms with van der Waals surface area (Å²) in [6.45, 7) is 4.95. The van der Waals surface area contributed by atoms with E-state index in [-0.39, 0.29) is 0 Å². The molecule has 0 aromatic carbocycles. The van der Waals surface area contributed by atoms with E-state index >= 15 is 0 Å². The van der Waals surface area contributed by atoms with E-state index in [0.717, 1.165) is 6.42 Å². The van der Waals surface area contributed by atoms with Crippen LogP contribution in [0, 0.1) is 13.0 Å². The minimum absolute atomic E-state index is 0.678. The second-order valence-corrected chi connectivity index (χ2v) is 2.05. The Labute approximate surface area is 45.7 Å². The minimum Gasteiger partial charge on any atom is -0.373 e. The lowest BCUT2D eigenvalue weighted by Gasteiger charge is -1.99. The zero-order valence-corrected chi connectivity index (χ0v) is 4.98. The minimum atomic E-state index is 0.678. The van der Waals surface area contributed by atoms with E-state index < -0.39 is 0 Å². The van der Waals surface area contributed by atoms with Gasteiger partial charge in [-0.05, 0) is 12.3 Å². The van der Waals surface area contributed by atoms with Crippen LogP contribution < -0.4 is 0 Å². The second kappa shape index (κ2) is 4.13. The zero-order valence-electron chi connectivity index (χ0n) is 4.98. The topological polar surface area (TPSA) is 9.23 Å². The molecule has 0 bridgehead atoms. The predicted molar refractivity (Wildman–Crippen MR) is 29.7 cm³/mol. The Kier molecular flexibility index (Phi) is 4.10. The molecule has 0 aliphatic rings. The van der Waals surface area contributed by atoms with E-state index in [9.17, 15) is 0 Å². The standard InChI is InChI=1S/C6H12O/c1-6(2)4-5-7-3/h3,6H,4-5H2,1-2H3. The van der Waals surface area contributed by atoms with Crippen molar-refractivity contribution in [1.82, 2.24) is 0 Å². The van der Waals surface area contributed by atoms with Gasteiger partial charge in [-0.15, -0.1) is 0 Å². The summed E-state index contributed by atoms with van der Waals surface area (Å²) in [5.74, 6) is 0.698. The molecule has 0 aliphatic heterocycles. The van der Waals surface area contributed by atoms with Gasteiger partial charge in [0.05, 0.1) is 0 Å². The Morgan fingerprint density at radius 1 is 1.57 bits per heavy atom. The molecule has 0 amide bonds. The van der Waals surface area contributed by atoms with Crippen LogP contribution in [0.15, 0.2) is 0 Å². The van der Waals surface area contributed by atoms with E-state index in [0.29, 0.717) is 12.5 Å². The Bertz CT molecular complexity index is 33.2. The van der Waals surface area contributed by atoms with Crippen LogP contribution in [-0.4, -0.2) is 6.61 Å². The van der Waals surface area contributed by atoms with Gasteiger partial charge in [-0.25, -0.2) is 0 Å². The van der Waals surface area contributed by atoms with Crippen molar-refractivity contribution in [3.63, 3.8) is 0 Å². The molecule has 1 nitrogen and oxygen atoms in total. The fraction of sp³-hybridized carbons (Fsp3) is 0.833. The summed E-state index contributed by atoms with van der Waals surface area (Å²) in [5.41, 5.74) is 0. The summed E-state index contributed by atoms with van der Waals surface area (Å²) < 4.78 is 4.35. The maximum atomic E-state index is 4.78. The number of ether oxygens (including phenoxy) is 1. The van der Waals surface area contributed by atoms with E-state index in [2.05, 4.69) is 18.6 Å². The van der Waals surface area contributed by atoms with Gasteiger partial charge in [-0.3, -0.25) is 0 Å². The average Bonchev–Trinajstić information content (AvgIpc) is 1.61. The van der Waals surface area contributed by atoms with Gasteiger partial charge in [0.15, 0.2) is 0 Å². The molecule has 7 heavy (non-hydrogen) atoms. The van der Waals surface area contributed by atoms with Gasteiger partial charge in [0.25, 0.3) is 0 Å². The Balaban J connectivity index is 2.68. The van der Waals surface area contributed by atoms with Gasteiger partial charge in [-0.2, -0.15) is 0 Å². The first-order valence-electron chi connectivity index (χ1n) is 2.59. The largest absolute Gasteiger partial charge is 0.373 e. The third-order valence-corrected chi connectivity index (χ3v) is 0.813. The van der Waals surface area contributed by atoms with Gasteiger partial charge < -0.3 is 4.74 Å². The molecule has 0 unspecified atom stereocenters. The lowest BCUT2D eigenvalue weighted by molar-refractivity contribution is 0.222. The van der Waals surface area contributed by atoms with Gasteiger partial charge in [0, 0.05) is 6.61 Å².